The van der Waals surface area contributed by atoms with E-state index < -0.39 is 11.6 Å². The third-order valence-corrected chi connectivity index (χ3v) is 4.67. The molecule has 1 aromatic heterocycles. The highest BCUT2D eigenvalue weighted by Gasteiger charge is 2.22. The minimum absolute atomic E-state index is 0.0930. The zero-order valence-corrected chi connectivity index (χ0v) is 19.0. The smallest absolute Gasteiger partial charge is 0.410 e. The Labute approximate surface area is 193 Å². The molecule has 172 valence electrons. The first kappa shape index (κ1) is 23.8. The van der Waals surface area contributed by atoms with Crippen molar-refractivity contribution in [2.24, 2.45) is 0 Å². The lowest BCUT2D eigenvalue weighted by Crippen LogP contribution is -2.37. The van der Waals surface area contributed by atoms with Gasteiger partial charge < -0.3 is 19.5 Å². The van der Waals surface area contributed by atoms with Gasteiger partial charge in [-0.2, -0.15) is 0 Å². The first-order valence-corrected chi connectivity index (χ1v) is 10.7. The van der Waals surface area contributed by atoms with E-state index in [-0.39, 0.29) is 11.7 Å². The lowest BCUT2D eigenvalue weighted by atomic mass is 10.1. The molecule has 3 aromatic rings. The number of amides is 1. The quantitative estimate of drug-likeness (QED) is 0.486. The van der Waals surface area contributed by atoms with Crippen LogP contribution in [0.1, 0.15) is 42.3 Å². The Balaban J connectivity index is 1.66. The molecular formula is C26H28N2O5. The maximum atomic E-state index is 12.8. The SMILES string of the molecule is CC(C)(C)OC(=O)N(CCc1ccccc1)Cc1ccc(Oc2ccc(C(=O)O)cn2)cc1. The number of hydrogen-bond acceptors (Lipinski definition) is 5. The molecule has 1 heterocycles. The molecule has 0 saturated heterocycles. The molecule has 0 atom stereocenters. The monoisotopic (exact) mass is 448 g/mol. The zero-order chi connectivity index (χ0) is 23.8. The lowest BCUT2D eigenvalue weighted by molar-refractivity contribution is 0.0235. The molecule has 0 aliphatic heterocycles. The number of hydrogen-bond donors (Lipinski definition) is 1. The predicted molar refractivity (Wildman–Crippen MR) is 125 cm³/mol. The van der Waals surface area contributed by atoms with Crippen LogP contribution in [0.2, 0.25) is 0 Å². The fourth-order valence-electron chi connectivity index (χ4n) is 3.04. The van der Waals surface area contributed by atoms with Gasteiger partial charge in [-0.1, -0.05) is 42.5 Å². The van der Waals surface area contributed by atoms with Crippen molar-refractivity contribution < 1.29 is 24.2 Å². The van der Waals surface area contributed by atoms with Gasteiger partial charge in [0.25, 0.3) is 0 Å². The van der Waals surface area contributed by atoms with Gasteiger partial charge >= 0.3 is 12.1 Å². The van der Waals surface area contributed by atoms with Gasteiger partial charge in [0.15, 0.2) is 0 Å². The van der Waals surface area contributed by atoms with Crippen molar-refractivity contribution in [1.29, 1.82) is 0 Å². The van der Waals surface area contributed by atoms with E-state index in [0.29, 0.717) is 24.7 Å². The van der Waals surface area contributed by atoms with Crippen molar-refractivity contribution in [1.82, 2.24) is 9.88 Å². The fourth-order valence-corrected chi connectivity index (χ4v) is 3.04. The summed E-state index contributed by atoms with van der Waals surface area (Å²) in [6, 6.07) is 20.3. The van der Waals surface area contributed by atoms with Crippen molar-refractivity contribution in [3.63, 3.8) is 0 Å². The van der Waals surface area contributed by atoms with Gasteiger partial charge in [0.2, 0.25) is 5.88 Å². The van der Waals surface area contributed by atoms with Crippen molar-refractivity contribution in [3.05, 3.63) is 89.6 Å². The molecule has 0 bridgehead atoms. The van der Waals surface area contributed by atoms with Gasteiger partial charge in [0, 0.05) is 25.4 Å². The molecule has 1 N–H and O–H groups in total. The summed E-state index contributed by atoms with van der Waals surface area (Å²) in [5.41, 5.74) is 1.59. The van der Waals surface area contributed by atoms with E-state index in [1.807, 2.05) is 63.2 Å². The van der Waals surface area contributed by atoms with E-state index in [9.17, 15) is 9.59 Å². The van der Waals surface area contributed by atoms with Crippen LogP contribution in [0.4, 0.5) is 4.79 Å². The number of rotatable bonds is 8. The number of carbonyl (C=O) groups is 2. The summed E-state index contributed by atoms with van der Waals surface area (Å²) in [7, 11) is 0. The van der Waals surface area contributed by atoms with Crippen molar-refractivity contribution in [2.45, 2.75) is 39.3 Å². The van der Waals surface area contributed by atoms with Gasteiger partial charge in [0.1, 0.15) is 11.4 Å². The van der Waals surface area contributed by atoms with Gasteiger partial charge in [-0.3, -0.25) is 0 Å². The molecule has 0 saturated carbocycles. The first-order chi connectivity index (χ1) is 15.7. The average molecular weight is 449 g/mol. The molecule has 7 nitrogen and oxygen atoms in total. The summed E-state index contributed by atoms with van der Waals surface area (Å²) in [5.74, 6) is -0.186. The minimum Gasteiger partial charge on any atom is -0.478 e. The number of aromatic nitrogens is 1. The number of ether oxygens (including phenoxy) is 2. The van der Waals surface area contributed by atoms with E-state index in [1.54, 1.807) is 17.0 Å². The minimum atomic E-state index is -1.04. The van der Waals surface area contributed by atoms with Gasteiger partial charge in [-0.15, -0.1) is 0 Å². The summed E-state index contributed by atoms with van der Waals surface area (Å²) in [4.78, 5) is 29.4. The highest BCUT2D eigenvalue weighted by molar-refractivity contribution is 5.87. The molecule has 0 aliphatic rings. The van der Waals surface area contributed by atoms with Crippen LogP contribution in [0.25, 0.3) is 0 Å². The normalized spacial score (nSPS) is 11.0. The molecule has 1 amide bonds. The number of pyridine rings is 1. The standard InChI is InChI=1S/C26H28N2O5/c1-26(2,3)33-25(31)28(16-15-19-7-5-4-6-8-19)18-20-9-12-22(13-10-20)32-23-14-11-21(17-27-23)24(29)30/h4-14,17H,15-16,18H2,1-3H3,(H,29,30). The average Bonchev–Trinajstić information content (AvgIpc) is 2.77. The largest absolute Gasteiger partial charge is 0.478 e. The Morgan fingerprint density at radius 3 is 2.21 bits per heavy atom. The number of carbonyl (C=O) groups excluding carboxylic acids is 1. The van der Waals surface area contributed by atoms with Gasteiger partial charge in [-0.25, -0.2) is 14.6 Å². The van der Waals surface area contributed by atoms with E-state index >= 15 is 0 Å². The highest BCUT2D eigenvalue weighted by Crippen LogP contribution is 2.21. The molecule has 0 aliphatic carbocycles. The topological polar surface area (TPSA) is 89.0 Å². The van der Waals surface area contributed by atoms with Gasteiger partial charge in [0.05, 0.1) is 5.56 Å². The summed E-state index contributed by atoms with van der Waals surface area (Å²) in [6.07, 6.45) is 1.61. The van der Waals surface area contributed by atoms with Crippen LogP contribution in [0.3, 0.4) is 0 Å². The Bertz CT molecular complexity index is 1060. The summed E-state index contributed by atoms with van der Waals surface area (Å²) < 4.78 is 11.3. The van der Waals surface area contributed by atoms with Crippen molar-refractivity contribution in [3.8, 4) is 11.6 Å². The van der Waals surface area contributed by atoms with Crippen LogP contribution >= 0.6 is 0 Å². The number of aromatic carboxylic acids is 1. The third-order valence-electron chi connectivity index (χ3n) is 4.67. The van der Waals surface area contributed by atoms with Crippen LogP contribution in [-0.2, 0) is 17.7 Å². The molecule has 2 aromatic carbocycles. The van der Waals surface area contributed by atoms with Gasteiger partial charge in [-0.05, 0) is 56.5 Å². The van der Waals surface area contributed by atoms with E-state index in [0.717, 1.165) is 17.5 Å². The van der Waals surface area contributed by atoms with E-state index in [2.05, 4.69) is 4.98 Å². The first-order valence-electron chi connectivity index (χ1n) is 10.7. The molecular weight excluding hydrogens is 420 g/mol. The maximum Gasteiger partial charge on any atom is 0.410 e. The van der Waals surface area contributed by atoms with Crippen LogP contribution in [-0.4, -0.2) is 39.2 Å². The van der Waals surface area contributed by atoms with Crippen LogP contribution < -0.4 is 4.74 Å². The van der Waals surface area contributed by atoms with Crippen LogP contribution in [0, 0.1) is 0 Å². The van der Waals surface area contributed by atoms with E-state index in [1.165, 1.54) is 18.3 Å². The summed E-state index contributed by atoms with van der Waals surface area (Å²) >= 11 is 0. The Hall–Kier alpha value is -3.87. The summed E-state index contributed by atoms with van der Waals surface area (Å²) in [6.45, 7) is 6.47. The second-order valence-corrected chi connectivity index (χ2v) is 8.57. The Morgan fingerprint density at radius 1 is 0.939 bits per heavy atom. The molecule has 0 radical (unpaired) electrons. The highest BCUT2D eigenvalue weighted by atomic mass is 16.6. The second kappa shape index (κ2) is 10.6. The van der Waals surface area contributed by atoms with E-state index in [4.69, 9.17) is 14.6 Å². The Kier molecular flexibility index (Phi) is 7.66. The number of nitrogens with zero attached hydrogens (tertiary/aromatic N) is 2. The molecule has 3 rings (SSSR count). The predicted octanol–water partition coefficient (Wildman–Crippen LogP) is 5.55. The second-order valence-electron chi connectivity index (χ2n) is 8.57. The summed E-state index contributed by atoms with van der Waals surface area (Å²) in [5, 5.41) is 8.95. The lowest BCUT2D eigenvalue weighted by Gasteiger charge is -2.27. The van der Waals surface area contributed by atoms with Crippen LogP contribution in [0.5, 0.6) is 11.6 Å². The zero-order valence-electron chi connectivity index (χ0n) is 19.0. The third kappa shape index (κ3) is 7.64. The molecule has 0 fully saturated rings. The molecule has 0 spiro atoms. The number of benzene rings is 2. The maximum absolute atomic E-state index is 12.8. The molecule has 33 heavy (non-hydrogen) atoms. The Morgan fingerprint density at radius 2 is 1.64 bits per heavy atom. The number of carboxylic acids is 1. The van der Waals surface area contributed by atoms with Crippen molar-refractivity contribution >= 4 is 12.1 Å². The number of carboxylic acid groups (broad SMARTS) is 1. The van der Waals surface area contributed by atoms with Crippen molar-refractivity contribution in [2.75, 3.05) is 6.54 Å². The van der Waals surface area contributed by atoms with Crippen LogP contribution in [0.15, 0.2) is 72.9 Å². The fraction of sp³-hybridized carbons (Fsp3) is 0.269. The molecule has 0 unspecified atom stereocenters. The molecule has 7 heteroatoms.